The van der Waals surface area contributed by atoms with Crippen LogP contribution in [0.5, 0.6) is 0 Å². The molecule has 0 aliphatic carbocycles. The average molecular weight is 320 g/mol. The maximum atomic E-state index is 5.92. The quantitative estimate of drug-likeness (QED) is 0.778. The number of nitrogen functional groups attached to an aromatic ring is 1. The lowest BCUT2D eigenvalue weighted by Gasteiger charge is -2.02. The van der Waals surface area contributed by atoms with Crippen molar-refractivity contribution in [1.29, 1.82) is 0 Å². The predicted octanol–water partition coefficient (Wildman–Crippen LogP) is 3.94. The van der Waals surface area contributed by atoms with Crippen molar-refractivity contribution < 1.29 is 0 Å². The molecule has 3 aromatic rings. The standard InChI is InChI=1S/C13H10BrN3S/c14-9-6-7-11-12(8-9)17(16-13(11)15)18-10-4-2-1-3-5-10/h1-8H,(H2,15,16). The normalized spacial score (nSPS) is 10.9. The molecule has 0 radical (unpaired) electrons. The summed E-state index contributed by atoms with van der Waals surface area (Å²) in [7, 11) is 0. The summed E-state index contributed by atoms with van der Waals surface area (Å²) in [6.45, 7) is 0. The van der Waals surface area contributed by atoms with Crippen molar-refractivity contribution in [2.75, 3.05) is 5.73 Å². The molecule has 0 unspecified atom stereocenters. The highest BCUT2D eigenvalue weighted by atomic mass is 79.9. The van der Waals surface area contributed by atoms with Gasteiger partial charge < -0.3 is 5.73 Å². The molecule has 0 spiro atoms. The van der Waals surface area contributed by atoms with Crippen molar-refractivity contribution in [3.05, 3.63) is 53.0 Å². The number of nitrogens with two attached hydrogens (primary N) is 1. The van der Waals surface area contributed by atoms with Crippen LogP contribution in [-0.4, -0.2) is 9.19 Å². The predicted molar refractivity (Wildman–Crippen MR) is 79.5 cm³/mol. The van der Waals surface area contributed by atoms with Crippen LogP contribution in [-0.2, 0) is 0 Å². The first-order valence-electron chi connectivity index (χ1n) is 5.41. The number of hydrogen-bond acceptors (Lipinski definition) is 3. The van der Waals surface area contributed by atoms with E-state index in [1.54, 1.807) is 11.9 Å². The maximum absolute atomic E-state index is 5.92. The van der Waals surface area contributed by atoms with E-state index in [4.69, 9.17) is 5.73 Å². The summed E-state index contributed by atoms with van der Waals surface area (Å²) >= 11 is 5.02. The number of halogens is 1. The SMILES string of the molecule is Nc1nn(Sc2ccccc2)c2cc(Br)ccc12. The maximum Gasteiger partial charge on any atom is 0.154 e. The van der Waals surface area contributed by atoms with E-state index in [2.05, 4.69) is 21.0 Å². The van der Waals surface area contributed by atoms with Crippen LogP contribution in [0.2, 0.25) is 0 Å². The third kappa shape index (κ3) is 2.11. The number of rotatable bonds is 2. The highest BCUT2D eigenvalue weighted by molar-refractivity contribution is 9.10. The Morgan fingerprint density at radius 1 is 1.11 bits per heavy atom. The van der Waals surface area contributed by atoms with Crippen LogP contribution in [0.3, 0.4) is 0 Å². The smallest absolute Gasteiger partial charge is 0.154 e. The molecular weight excluding hydrogens is 310 g/mol. The Labute approximate surface area is 117 Å². The van der Waals surface area contributed by atoms with E-state index in [9.17, 15) is 0 Å². The van der Waals surface area contributed by atoms with E-state index in [1.807, 2.05) is 52.6 Å². The number of benzene rings is 2. The molecular formula is C13H10BrN3S. The van der Waals surface area contributed by atoms with Crippen LogP contribution >= 0.6 is 27.9 Å². The van der Waals surface area contributed by atoms with Crippen molar-refractivity contribution in [3.8, 4) is 0 Å². The lowest BCUT2D eigenvalue weighted by Crippen LogP contribution is -1.91. The first-order valence-corrected chi connectivity index (χ1v) is 6.98. The molecule has 1 heterocycles. The fourth-order valence-corrected chi connectivity index (χ4v) is 2.94. The first-order chi connectivity index (χ1) is 8.74. The number of anilines is 1. The van der Waals surface area contributed by atoms with E-state index in [0.29, 0.717) is 5.82 Å². The zero-order valence-corrected chi connectivity index (χ0v) is 11.8. The number of hydrogen-bond donors (Lipinski definition) is 1. The summed E-state index contributed by atoms with van der Waals surface area (Å²) in [5.74, 6) is 0.556. The molecule has 3 nitrogen and oxygen atoms in total. The third-order valence-corrected chi connectivity index (χ3v) is 4.00. The lowest BCUT2D eigenvalue weighted by atomic mass is 10.2. The van der Waals surface area contributed by atoms with Crippen molar-refractivity contribution in [2.45, 2.75) is 4.90 Å². The molecule has 0 atom stereocenters. The van der Waals surface area contributed by atoms with Gasteiger partial charge in [-0.1, -0.05) is 34.1 Å². The number of aromatic nitrogens is 2. The Hall–Kier alpha value is -1.46. The number of nitrogens with zero attached hydrogens (tertiary/aromatic N) is 2. The monoisotopic (exact) mass is 319 g/mol. The van der Waals surface area contributed by atoms with Crippen LogP contribution in [0.4, 0.5) is 5.82 Å². The van der Waals surface area contributed by atoms with Gasteiger partial charge in [0.05, 0.1) is 5.52 Å². The zero-order chi connectivity index (χ0) is 12.5. The highest BCUT2D eigenvalue weighted by Crippen LogP contribution is 2.29. The Balaban J connectivity index is 2.09. The second-order valence-corrected chi connectivity index (χ2v) is 5.74. The second-order valence-electron chi connectivity index (χ2n) is 3.82. The van der Waals surface area contributed by atoms with Gasteiger partial charge in [-0.05, 0) is 30.3 Å². The van der Waals surface area contributed by atoms with Crippen molar-refractivity contribution in [2.24, 2.45) is 0 Å². The molecule has 0 saturated carbocycles. The molecule has 0 bridgehead atoms. The molecule has 0 amide bonds. The molecule has 0 saturated heterocycles. The third-order valence-electron chi connectivity index (χ3n) is 2.58. The van der Waals surface area contributed by atoms with E-state index in [-0.39, 0.29) is 0 Å². The second kappa shape index (κ2) is 4.66. The van der Waals surface area contributed by atoms with E-state index in [0.717, 1.165) is 20.3 Å². The van der Waals surface area contributed by atoms with Gasteiger partial charge in [-0.15, -0.1) is 5.10 Å². The molecule has 90 valence electrons. The molecule has 3 rings (SSSR count). The van der Waals surface area contributed by atoms with Gasteiger partial charge in [-0.3, -0.25) is 0 Å². The van der Waals surface area contributed by atoms with Crippen LogP contribution in [0, 0.1) is 0 Å². The summed E-state index contributed by atoms with van der Waals surface area (Å²) in [5, 5.41) is 5.34. The van der Waals surface area contributed by atoms with Crippen molar-refractivity contribution in [3.63, 3.8) is 0 Å². The van der Waals surface area contributed by atoms with Gasteiger partial charge in [0.2, 0.25) is 0 Å². The summed E-state index contributed by atoms with van der Waals surface area (Å²) in [6, 6.07) is 16.1. The van der Waals surface area contributed by atoms with Crippen molar-refractivity contribution >= 4 is 44.6 Å². The van der Waals surface area contributed by atoms with Gasteiger partial charge in [-0.2, -0.15) is 4.09 Å². The Kier molecular flexibility index (Phi) is 3.01. The minimum absolute atomic E-state index is 0.556. The Bertz CT molecular complexity index is 694. The summed E-state index contributed by atoms with van der Waals surface area (Å²) in [5.41, 5.74) is 6.93. The average Bonchev–Trinajstić information content (AvgIpc) is 2.67. The van der Waals surface area contributed by atoms with E-state index < -0.39 is 0 Å². The topological polar surface area (TPSA) is 43.8 Å². The largest absolute Gasteiger partial charge is 0.382 e. The summed E-state index contributed by atoms with van der Waals surface area (Å²) in [6.07, 6.45) is 0. The summed E-state index contributed by atoms with van der Waals surface area (Å²) < 4.78 is 2.87. The fraction of sp³-hybridized carbons (Fsp3) is 0. The molecule has 2 aromatic carbocycles. The van der Waals surface area contributed by atoms with Gasteiger partial charge in [0.25, 0.3) is 0 Å². The van der Waals surface area contributed by atoms with E-state index >= 15 is 0 Å². The fourth-order valence-electron chi connectivity index (χ4n) is 1.74. The molecule has 2 N–H and O–H groups in total. The minimum Gasteiger partial charge on any atom is -0.382 e. The van der Waals surface area contributed by atoms with Gasteiger partial charge >= 0.3 is 0 Å². The van der Waals surface area contributed by atoms with Gasteiger partial charge in [0, 0.05) is 26.7 Å². The Morgan fingerprint density at radius 3 is 2.67 bits per heavy atom. The Morgan fingerprint density at radius 2 is 1.89 bits per heavy atom. The molecule has 1 aromatic heterocycles. The van der Waals surface area contributed by atoms with Crippen LogP contribution in [0.25, 0.3) is 10.9 Å². The van der Waals surface area contributed by atoms with Gasteiger partial charge in [0.15, 0.2) is 5.82 Å². The van der Waals surface area contributed by atoms with Crippen LogP contribution < -0.4 is 5.73 Å². The van der Waals surface area contributed by atoms with E-state index in [1.165, 1.54) is 0 Å². The molecule has 0 fully saturated rings. The minimum atomic E-state index is 0.556. The van der Waals surface area contributed by atoms with Gasteiger partial charge in [-0.25, -0.2) is 0 Å². The zero-order valence-electron chi connectivity index (χ0n) is 9.38. The molecule has 0 aliphatic heterocycles. The van der Waals surface area contributed by atoms with Crippen LogP contribution in [0.1, 0.15) is 0 Å². The van der Waals surface area contributed by atoms with Crippen LogP contribution in [0.15, 0.2) is 57.9 Å². The summed E-state index contributed by atoms with van der Waals surface area (Å²) in [4.78, 5) is 1.13. The molecule has 5 heteroatoms. The lowest BCUT2D eigenvalue weighted by molar-refractivity contribution is 1.04. The highest BCUT2D eigenvalue weighted by Gasteiger charge is 2.09. The number of fused-ring (bicyclic) bond motifs is 1. The van der Waals surface area contributed by atoms with Crippen molar-refractivity contribution in [1.82, 2.24) is 9.19 Å². The molecule has 18 heavy (non-hydrogen) atoms. The van der Waals surface area contributed by atoms with Gasteiger partial charge in [0.1, 0.15) is 0 Å². The molecule has 0 aliphatic rings. The first kappa shape index (κ1) is 11.6.